The molecule has 0 bridgehead atoms. The zero-order chi connectivity index (χ0) is 14.4. The fourth-order valence-electron chi connectivity index (χ4n) is 2.03. The Labute approximate surface area is 119 Å². The molecule has 19 heavy (non-hydrogen) atoms. The molecule has 0 saturated heterocycles. The van der Waals surface area contributed by atoms with Crippen molar-refractivity contribution in [3.8, 4) is 0 Å². The highest BCUT2D eigenvalue weighted by molar-refractivity contribution is 6.33. The number of carbonyl (C=O) groups is 1. The van der Waals surface area contributed by atoms with Crippen molar-refractivity contribution in [1.82, 2.24) is 0 Å². The minimum Gasteiger partial charge on any atom is -0.478 e. The van der Waals surface area contributed by atoms with Gasteiger partial charge in [-0.2, -0.15) is 0 Å². The third-order valence-electron chi connectivity index (χ3n) is 3.14. The molecule has 0 aromatic heterocycles. The summed E-state index contributed by atoms with van der Waals surface area (Å²) in [5.41, 5.74) is 1.70. The number of para-hydroxylation sites is 1. The third-order valence-corrected chi connectivity index (χ3v) is 3.45. The molecule has 1 N–H and O–H groups in total. The van der Waals surface area contributed by atoms with Crippen LogP contribution < -0.4 is 4.90 Å². The molecule has 0 fully saturated rings. The molecule has 0 aliphatic carbocycles. The Bertz CT molecular complexity index is 471. The Morgan fingerprint density at radius 2 is 2.21 bits per heavy atom. The van der Waals surface area contributed by atoms with E-state index >= 15 is 0 Å². The maximum atomic E-state index is 10.6. The number of carboxylic acids is 1. The van der Waals surface area contributed by atoms with E-state index in [0.717, 1.165) is 30.2 Å². The van der Waals surface area contributed by atoms with E-state index in [1.807, 2.05) is 25.2 Å². The van der Waals surface area contributed by atoms with Gasteiger partial charge in [0.05, 0.1) is 10.7 Å². The second-order valence-electron chi connectivity index (χ2n) is 4.60. The summed E-state index contributed by atoms with van der Waals surface area (Å²) in [6.07, 6.45) is 4.87. The van der Waals surface area contributed by atoms with Crippen LogP contribution in [0, 0.1) is 0 Å². The van der Waals surface area contributed by atoms with Gasteiger partial charge >= 0.3 is 5.97 Å². The molecule has 1 aromatic rings. The van der Waals surface area contributed by atoms with Crippen LogP contribution in [0.5, 0.6) is 0 Å². The summed E-state index contributed by atoms with van der Waals surface area (Å²) in [6, 6.07) is 5.87. The molecule has 104 valence electrons. The molecule has 4 heteroatoms. The highest BCUT2D eigenvalue weighted by atomic mass is 35.5. The van der Waals surface area contributed by atoms with Crippen molar-refractivity contribution in [3.63, 3.8) is 0 Å². The van der Waals surface area contributed by atoms with Crippen LogP contribution in [0.1, 0.15) is 32.3 Å². The SMILES string of the molecule is CCCC(C)N(C)c1c(Cl)cccc1/C=C/C(=O)O. The van der Waals surface area contributed by atoms with Gasteiger partial charge in [0.25, 0.3) is 0 Å². The number of nitrogens with zero attached hydrogens (tertiary/aromatic N) is 1. The molecule has 3 nitrogen and oxygen atoms in total. The molecule has 0 aliphatic rings. The van der Waals surface area contributed by atoms with Gasteiger partial charge in [0.15, 0.2) is 0 Å². The average Bonchev–Trinajstić information content (AvgIpc) is 2.35. The Hall–Kier alpha value is -1.48. The monoisotopic (exact) mass is 281 g/mol. The third kappa shape index (κ3) is 4.28. The number of rotatable bonds is 6. The minimum atomic E-state index is -0.963. The van der Waals surface area contributed by atoms with E-state index in [1.165, 1.54) is 0 Å². The summed E-state index contributed by atoms with van der Waals surface area (Å²) >= 11 is 6.26. The van der Waals surface area contributed by atoms with Gasteiger partial charge in [-0.25, -0.2) is 4.79 Å². The van der Waals surface area contributed by atoms with Gasteiger partial charge in [0.2, 0.25) is 0 Å². The van der Waals surface area contributed by atoms with Gasteiger partial charge in [0, 0.05) is 19.2 Å². The number of hydrogen-bond acceptors (Lipinski definition) is 2. The maximum absolute atomic E-state index is 10.6. The first-order chi connectivity index (χ1) is 8.97. The first kappa shape index (κ1) is 15.6. The number of carboxylic acid groups (broad SMARTS) is 1. The summed E-state index contributed by atoms with van der Waals surface area (Å²) in [4.78, 5) is 12.7. The average molecular weight is 282 g/mol. The molecule has 0 radical (unpaired) electrons. The highest BCUT2D eigenvalue weighted by Gasteiger charge is 2.15. The van der Waals surface area contributed by atoms with Crippen molar-refractivity contribution in [1.29, 1.82) is 0 Å². The minimum absolute atomic E-state index is 0.349. The fourth-order valence-corrected chi connectivity index (χ4v) is 2.35. The molecule has 1 rings (SSSR count). The van der Waals surface area contributed by atoms with Gasteiger partial charge < -0.3 is 10.0 Å². The molecular formula is C15H20ClNO2. The molecule has 0 spiro atoms. The van der Waals surface area contributed by atoms with Crippen LogP contribution in [0.3, 0.4) is 0 Å². The van der Waals surface area contributed by atoms with Crippen LogP contribution in [-0.2, 0) is 4.79 Å². The van der Waals surface area contributed by atoms with Crippen molar-refractivity contribution in [2.24, 2.45) is 0 Å². The zero-order valence-corrected chi connectivity index (χ0v) is 12.3. The lowest BCUT2D eigenvalue weighted by Gasteiger charge is -2.29. The second kappa shape index (κ2) is 7.19. The lowest BCUT2D eigenvalue weighted by atomic mass is 10.1. The predicted octanol–water partition coefficient (Wildman–Crippen LogP) is 4.06. The second-order valence-corrected chi connectivity index (χ2v) is 5.01. The number of aliphatic carboxylic acids is 1. The van der Waals surface area contributed by atoms with Crippen LogP contribution in [-0.4, -0.2) is 24.2 Å². The highest BCUT2D eigenvalue weighted by Crippen LogP contribution is 2.32. The van der Waals surface area contributed by atoms with Crippen molar-refractivity contribution in [2.45, 2.75) is 32.7 Å². The fraction of sp³-hybridized carbons (Fsp3) is 0.400. The van der Waals surface area contributed by atoms with Gasteiger partial charge in [-0.15, -0.1) is 0 Å². The van der Waals surface area contributed by atoms with E-state index in [9.17, 15) is 4.79 Å². The van der Waals surface area contributed by atoms with Crippen LogP contribution >= 0.6 is 11.6 Å². The van der Waals surface area contributed by atoms with Crippen molar-refractivity contribution < 1.29 is 9.90 Å². The summed E-state index contributed by atoms with van der Waals surface area (Å²) in [6.45, 7) is 4.28. The molecule has 0 aliphatic heterocycles. The van der Waals surface area contributed by atoms with Gasteiger partial charge in [-0.3, -0.25) is 0 Å². The lowest BCUT2D eigenvalue weighted by Crippen LogP contribution is -2.29. The maximum Gasteiger partial charge on any atom is 0.328 e. The van der Waals surface area contributed by atoms with Crippen LogP contribution in [0.4, 0.5) is 5.69 Å². The van der Waals surface area contributed by atoms with E-state index in [0.29, 0.717) is 11.1 Å². The molecule has 1 atom stereocenters. The van der Waals surface area contributed by atoms with E-state index in [2.05, 4.69) is 18.7 Å². The first-order valence-corrected chi connectivity index (χ1v) is 6.77. The van der Waals surface area contributed by atoms with E-state index in [1.54, 1.807) is 6.08 Å². The predicted molar refractivity (Wildman–Crippen MR) is 80.9 cm³/mol. The topological polar surface area (TPSA) is 40.5 Å². The van der Waals surface area contributed by atoms with Crippen LogP contribution in [0.2, 0.25) is 5.02 Å². The van der Waals surface area contributed by atoms with E-state index in [4.69, 9.17) is 16.7 Å². The van der Waals surface area contributed by atoms with Gasteiger partial charge in [0.1, 0.15) is 0 Å². The number of benzene rings is 1. The standard InChI is InChI=1S/C15H20ClNO2/c1-4-6-11(2)17(3)15-12(9-10-14(18)19)7-5-8-13(15)16/h5,7-11H,4,6H2,1-3H3,(H,18,19)/b10-9+. The zero-order valence-electron chi connectivity index (χ0n) is 11.6. The molecular weight excluding hydrogens is 262 g/mol. The Morgan fingerprint density at radius 1 is 1.53 bits per heavy atom. The largest absolute Gasteiger partial charge is 0.478 e. The van der Waals surface area contributed by atoms with Crippen molar-refractivity contribution >= 4 is 29.3 Å². The van der Waals surface area contributed by atoms with Crippen LogP contribution in [0.15, 0.2) is 24.3 Å². The molecule has 1 unspecified atom stereocenters. The molecule has 0 amide bonds. The number of halogens is 1. The van der Waals surface area contributed by atoms with Crippen molar-refractivity contribution in [3.05, 3.63) is 34.9 Å². The Morgan fingerprint density at radius 3 is 2.79 bits per heavy atom. The molecule has 1 aromatic carbocycles. The van der Waals surface area contributed by atoms with E-state index in [-0.39, 0.29) is 0 Å². The number of hydrogen-bond donors (Lipinski definition) is 1. The number of anilines is 1. The smallest absolute Gasteiger partial charge is 0.328 e. The van der Waals surface area contributed by atoms with Gasteiger partial charge in [-0.1, -0.05) is 37.1 Å². The quantitative estimate of drug-likeness (QED) is 0.799. The summed E-state index contributed by atoms with van der Waals surface area (Å²) in [5, 5.41) is 9.37. The molecule has 0 saturated carbocycles. The normalized spacial score (nSPS) is 12.6. The summed E-state index contributed by atoms with van der Waals surface area (Å²) in [7, 11) is 1.99. The van der Waals surface area contributed by atoms with Crippen LogP contribution in [0.25, 0.3) is 6.08 Å². The Balaban J connectivity index is 3.13. The summed E-state index contributed by atoms with van der Waals surface area (Å²) in [5.74, 6) is -0.963. The van der Waals surface area contributed by atoms with Gasteiger partial charge in [-0.05, 0) is 31.1 Å². The molecule has 0 heterocycles. The first-order valence-electron chi connectivity index (χ1n) is 6.39. The van der Waals surface area contributed by atoms with E-state index < -0.39 is 5.97 Å². The lowest BCUT2D eigenvalue weighted by molar-refractivity contribution is -0.131. The summed E-state index contributed by atoms with van der Waals surface area (Å²) < 4.78 is 0. The van der Waals surface area contributed by atoms with Crippen molar-refractivity contribution in [2.75, 3.05) is 11.9 Å². The Kier molecular flexibility index (Phi) is 5.90.